The van der Waals surface area contributed by atoms with Gasteiger partial charge in [0.15, 0.2) is 0 Å². The molecule has 20 heavy (non-hydrogen) atoms. The summed E-state index contributed by atoms with van der Waals surface area (Å²) in [5.41, 5.74) is 1.49. The van der Waals surface area contributed by atoms with Gasteiger partial charge in [-0.2, -0.15) is 0 Å². The van der Waals surface area contributed by atoms with Crippen LogP contribution < -0.4 is 9.47 Å². The highest BCUT2D eigenvalue weighted by Gasteiger charge is 2.14. The summed E-state index contributed by atoms with van der Waals surface area (Å²) < 4.78 is 11.3. The summed E-state index contributed by atoms with van der Waals surface area (Å²) in [6.07, 6.45) is -0.295. The third kappa shape index (κ3) is 3.49. The summed E-state index contributed by atoms with van der Waals surface area (Å²) in [7, 11) is 3.17. The summed E-state index contributed by atoms with van der Waals surface area (Å²) in [5.74, 6) is 1.23. The van der Waals surface area contributed by atoms with E-state index in [9.17, 15) is 5.11 Å². The molecule has 1 atom stereocenters. The molecule has 0 aliphatic heterocycles. The monoisotopic (exact) mass is 337 g/mol. The van der Waals surface area contributed by atoms with Crippen molar-refractivity contribution in [1.29, 1.82) is 0 Å². The van der Waals surface area contributed by atoms with Crippen molar-refractivity contribution in [3.05, 3.63) is 52.1 Å². The van der Waals surface area contributed by atoms with Crippen molar-refractivity contribution in [3.63, 3.8) is 0 Å². The second-order valence-electron chi connectivity index (χ2n) is 4.28. The zero-order valence-corrected chi connectivity index (χ0v) is 12.9. The maximum Gasteiger partial charge on any atom is 0.213 e. The average molecular weight is 338 g/mol. The Bertz CT molecular complexity index is 589. The highest BCUT2D eigenvalue weighted by atomic mass is 79.9. The Balaban J connectivity index is 2.22. The minimum atomic E-state index is -0.715. The summed E-state index contributed by atoms with van der Waals surface area (Å²) in [6.45, 7) is 0. The first-order valence-electron chi connectivity index (χ1n) is 6.15. The molecule has 1 heterocycles. The Morgan fingerprint density at radius 3 is 2.70 bits per heavy atom. The second kappa shape index (κ2) is 6.72. The van der Waals surface area contributed by atoms with E-state index in [1.165, 1.54) is 0 Å². The lowest BCUT2D eigenvalue weighted by Crippen LogP contribution is -2.06. The quantitative estimate of drug-likeness (QED) is 0.910. The molecule has 0 aliphatic carbocycles. The molecule has 4 nitrogen and oxygen atoms in total. The average Bonchev–Trinajstić information content (AvgIpc) is 2.47. The number of hydrogen-bond acceptors (Lipinski definition) is 4. The Morgan fingerprint density at radius 1 is 1.20 bits per heavy atom. The number of aliphatic hydroxyl groups is 1. The number of halogens is 1. The molecule has 1 aromatic heterocycles. The fourth-order valence-corrected chi connectivity index (χ4v) is 2.36. The van der Waals surface area contributed by atoms with E-state index in [1.807, 2.05) is 24.3 Å². The van der Waals surface area contributed by atoms with Gasteiger partial charge in [0, 0.05) is 17.0 Å². The molecule has 0 saturated carbocycles. The molecule has 2 rings (SSSR count). The van der Waals surface area contributed by atoms with Crippen LogP contribution >= 0.6 is 15.9 Å². The van der Waals surface area contributed by atoms with Crippen LogP contribution in [0.15, 0.2) is 40.9 Å². The van der Waals surface area contributed by atoms with E-state index < -0.39 is 6.10 Å². The predicted molar refractivity (Wildman–Crippen MR) is 80.1 cm³/mol. The summed E-state index contributed by atoms with van der Waals surface area (Å²) >= 11 is 3.42. The Hall–Kier alpha value is -1.59. The van der Waals surface area contributed by atoms with Gasteiger partial charge in [-0.15, -0.1) is 0 Å². The van der Waals surface area contributed by atoms with E-state index in [0.717, 1.165) is 15.8 Å². The number of methoxy groups -OCH3 is 2. The lowest BCUT2D eigenvalue weighted by molar-refractivity contribution is 0.171. The van der Waals surface area contributed by atoms with Gasteiger partial charge in [-0.3, -0.25) is 0 Å². The van der Waals surface area contributed by atoms with Gasteiger partial charge in [-0.25, -0.2) is 4.98 Å². The second-order valence-corrected chi connectivity index (χ2v) is 5.20. The van der Waals surface area contributed by atoms with Crippen molar-refractivity contribution in [2.24, 2.45) is 0 Å². The topological polar surface area (TPSA) is 51.6 Å². The van der Waals surface area contributed by atoms with Gasteiger partial charge in [-0.05, 0) is 29.8 Å². The predicted octanol–water partition coefficient (Wildman–Crippen LogP) is 3.14. The first-order valence-corrected chi connectivity index (χ1v) is 6.94. The van der Waals surface area contributed by atoms with E-state index in [-0.39, 0.29) is 0 Å². The Morgan fingerprint density at radius 2 is 2.00 bits per heavy atom. The van der Waals surface area contributed by atoms with Crippen LogP contribution in [0.2, 0.25) is 0 Å². The number of ether oxygens (including phenoxy) is 2. The van der Waals surface area contributed by atoms with Gasteiger partial charge in [0.2, 0.25) is 5.88 Å². The molecule has 0 amide bonds. The highest BCUT2D eigenvalue weighted by molar-refractivity contribution is 9.10. The van der Waals surface area contributed by atoms with Crippen molar-refractivity contribution in [2.75, 3.05) is 14.2 Å². The van der Waals surface area contributed by atoms with E-state index in [2.05, 4.69) is 20.9 Å². The number of aromatic nitrogens is 1. The molecular weight excluding hydrogens is 322 g/mol. The molecule has 2 aromatic rings. The minimum Gasteiger partial charge on any atom is -0.496 e. The summed E-state index contributed by atoms with van der Waals surface area (Å²) in [4.78, 5) is 4.24. The number of nitrogens with zero attached hydrogens (tertiary/aromatic N) is 1. The first kappa shape index (κ1) is 14.8. The van der Waals surface area contributed by atoms with Crippen LogP contribution in [0.4, 0.5) is 0 Å². The van der Waals surface area contributed by atoms with E-state index in [4.69, 9.17) is 9.47 Å². The zero-order chi connectivity index (χ0) is 14.5. The lowest BCUT2D eigenvalue weighted by atomic mass is 10.0. The summed E-state index contributed by atoms with van der Waals surface area (Å²) in [6, 6.07) is 11.0. The van der Waals surface area contributed by atoms with Gasteiger partial charge >= 0.3 is 0 Å². The van der Waals surface area contributed by atoms with Gasteiger partial charge in [0.05, 0.1) is 19.9 Å². The minimum absolute atomic E-state index is 0.419. The van der Waals surface area contributed by atoms with Crippen molar-refractivity contribution >= 4 is 15.9 Å². The smallest absolute Gasteiger partial charge is 0.213 e. The fourth-order valence-electron chi connectivity index (χ4n) is 1.95. The molecule has 0 fully saturated rings. The van der Waals surface area contributed by atoms with Crippen LogP contribution in [0.5, 0.6) is 11.6 Å². The normalized spacial score (nSPS) is 12.0. The van der Waals surface area contributed by atoms with E-state index in [0.29, 0.717) is 18.0 Å². The van der Waals surface area contributed by atoms with Crippen LogP contribution in [0.1, 0.15) is 17.4 Å². The van der Waals surface area contributed by atoms with Gasteiger partial charge in [0.25, 0.3) is 0 Å². The van der Waals surface area contributed by atoms with Crippen molar-refractivity contribution in [3.8, 4) is 11.6 Å². The van der Waals surface area contributed by atoms with Crippen LogP contribution in [0, 0.1) is 0 Å². The molecule has 0 aliphatic rings. The highest BCUT2D eigenvalue weighted by Crippen LogP contribution is 2.27. The van der Waals surface area contributed by atoms with Crippen LogP contribution in [-0.2, 0) is 6.42 Å². The van der Waals surface area contributed by atoms with Crippen molar-refractivity contribution in [2.45, 2.75) is 12.5 Å². The lowest BCUT2D eigenvalue weighted by Gasteiger charge is -2.14. The molecule has 0 bridgehead atoms. The van der Waals surface area contributed by atoms with Crippen LogP contribution in [0.3, 0.4) is 0 Å². The molecule has 0 radical (unpaired) electrons. The van der Waals surface area contributed by atoms with Crippen molar-refractivity contribution < 1.29 is 14.6 Å². The van der Waals surface area contributed by atoms with Gasteiger partial charge in [0.1, 0.15) is 11.9 Å². The molecular formula is C15H16BrNO3. The van der Waals surface area contributed by atoms with E-state index >= 15 is 0 Å². The zero-order valence-electron chi connectivity index (χ0n) is 11.3. The third-order valence-electron chi connectivity index (χ3n) is 2.95. The molecule has 1 unspecified atom stereocenters. The van der Waals surface area contributed by atoms with Crippen LogP contribution in [-0.4, -0.2) is 24.3 Å². The summed E-state index contributed by atoms with van der Waals surface area (Å²) in [5, 5.41) is 10.3. The maximum atomic E-state index is 10.3. The number of hydrogen-bond donors (Lipinski definition) is 1. The van der Waals surface area contributed by atoms with Gasteiger partial charge < -0.3 is 14.6 Å². The SMILES string of the molecule is COc1cccc(C(O)Cc2cc(Br)ccc2OC)n1. The van der Waals surface area contributed by atoms with Crippen LogP contribution in [0.25, 0.3) is 0 Å². The number of benzene rings is 1. The maximum absolute atomic E-state index is 10.3. The van der Waals surface area contributed by atoms with E-state index in [1.54, 1.807) is 26.4 Å². The third-order valence-corrected chi connectivity index (χ3v) is 3.44. The first-order chi connectivity index (χ1) is 9.63. The van der Waals surface area contributed by atoms with Gasteiger partial charge in [-0.1, -0.05) is 22.0 Å². The standard InChI is InChI=1S/C15H16BrNO3/c1-19-14-7-6-11(16)8-10(14)9-13(18)12-4-3-5-15(17-12)20-2/h3-8,13,18H,9H2,1-2H3. The molecule has 106 valence electrons. The fraction of sp³-hybridized carbons (Fsp3) is 0.267. The molecule has 0 saturated heterocycles. The van der Waals surface area contributed by atoms with Crippen molar-refractivity contribution in [1.82, 2.24) is 4.98 Å². The number of pyridine rings is 1. The molecule has 1 aromatic carbocycles. The molecule has 0 spiro atoms. The molecule has 1 N–H and O–H groups in total. The largest absolute Gasteiger partial charge is 0.496 e. The number of aliphatic hydroxyl groups excluding tert-OH is 1. The number of rotatable bonds is 5. The molecule has 5 heteroatoms. The Kier molecular flexibility index (Phi) is 4.98. The Labute approximate surface area is 126 Å².